The molecule has 0 saturated carbocycles. The number of guanidine groups is 1. The van der Waals surface area contributed by atoms with E-state index in [0.717, 1.165) is 17.0 Å². The number of nitrogens with zero attached hydrogens (tertiary/aromatic N) is 1. The Labute approximate surface area is 130 Å². The molecule has 0 radical (unpaired) electrons. The Bertz CT molecular complexity index is 627. The molecule has 3 N–H and O–H groups in total. The van der Waals surface area contributed by atoms with Gasteiger partial charge in [0.25, 0.3) is 0 Å². The molecule has 5 heteroatoms. The molecular formula is C17H21N3O2. The predicted octanol–water partition coefficient (Wildman–Crippen LogP) is 3.02. The molecule has 2 rings (SSSR count). The number of rotatable bonds is 6. The highest BCUT2D eigenvalue weighted by atomic mass is 16.5. The van der Waals surface area contributed by atoms with Crippen LogP contribution in [0, 0.1) is 0 Å². The molecule has 0 saturated heterocycles. The van der Waals surface area contributed by atoms with Crippen molar-refractivity contribution in [3.63, 3.8) is 0 Å². The highest BCUT2D eigenvalue weighted by molar-refractivity contribution is 5.92. The fraction of sp³-hybridized carbons (Fsp3) is 0.235. The van der Waals surface area contributed by atoms with E-state index in [4.69, 9.17) is 15.2 Å². The molecule has 0 amide bonds. The van der Waals surface area contributed by atoms with Gasteiger partial charge in [0.2, 0.25) is 0 Å². The lowest BCUT2D eigenvalue weighted by Crippen LogP contribution is -2.22. The molecule has 2 aromatic rings. The van der Waals surface area contributed by atoms with E-state index >= 15 is 0 Å². The predicted molar refractivity (Wildman–Crippen MR) is 89.6 cm³/mol. The van der Waals surface area contributed by atoms with E-state index in [1.807, 2.05) is 55.5 Å². The van der Waals surface area contributed by atoms with Crippen molar-refractivity contribution < 1.29 is 9.47 Å². The van der Waals surface area contributed by atoms with Crippen LogP contribution in [0.5, 0.6) is 11.5 Å². The Kier molecular flexibility index (Phi) is 5.65. The minimum Gasteiger partial charge on any atom is -0.493 e. The lowest BCUT2D eigenvalue weighted by Gasteiger charge is -2.10. The SMILES string of the molecule is CCOc1ccc(CN=C(N)Nc2ccccc2)cc1OC. The van der Waals surface area contributed by atoms with Crippen molar-refractivity contribution in [1.82, 2.24) is 0 Å². The van der Waals surface area contributed by atoms with E-state index in [2.05, 4.69) is 10.3 Å². The second-order valence-corrected chi connectivity index (χ2v) is 4.61. The molecule has 0 aliphatic heterocycles. The van der Waals surface area contributed by atoms with Crippen molar-refractivity contribution in [2.75, 3.05) is 19.0 Å². The summed E-state index contributed by atoms with van der Waals surface area (Å²) in [7, 11) is 1.62. The van der Waals surface area contributed by atoms with E-state index in [0.29, 0.717) is 24.9 Å². The maximum Gasteiger partial charge on any atom is 0.193 e. The first-order valence-electron chi connectivity index (χ1n) is 7.14. The van der Waals surface area contributed by atoms with E-state index in [1.54, 1.807) is 7.11 Å². The molecule has 2 aromatic carbocycles. The van der Waals surface area contributed by atoms with Crippen molar-refractivity contribution >= 4 is 11.6 Å². The Hall–Kier alpha value is -2.69. The minimum atomic E-state index is 0.374. The Morgan fingerprint density at radius 2 is 1.91 bits per heavy atom. The van der Waals surface area contributed by atoms with Crippen LogP contribution in [-0.4, -0.2) is 19.7 Å². The number of nitrogens with two attached hydrogens (primary N) is 1. The van der Waals surface area contributed by atoms with Crippen LogP contribution >= 0.6 is 0 Å². The largest absolute Gasteiger partial charge is 0.493 e. The molecular weight excluding hydrogens is 278 g/mol. The Morgan fingerprint density at radius 3 is 2.59 bits per heavy atom. The zero-order chi connectivity index (χ0) is 15.8. The number of nitrogens with one attached hydrogen (secondary N) is 1. The number of anilines is 1. The lowest BCUT2D eigenvalue weighted by atomic mass is 10.2. The molecule has 0 bridgehead atoms. The molecule has 0 atom stereocenters. The average Bonchev–Trinajstić information content (AvgIpc) is 2.55. The second-order valence-electron chi connectivity index (χ2n) is 4.61. The van der Waals surface area contributed by atoms with Gasteiger partial charge < -0.3 is 20.5 Å². The summed E-state index contributed by atoms with van der Waals surface area (Å²) < 4.78 is 10.8. The van der Waals surface area contributed by atoms with Crippen molar-refractivity contribution in [2.24, 2.45) is 10.7 Å². The van der Waals surface area contributed by atoms with E-state index in [1.165, 1.54) is 0 Å². The fourth-order valence-electron chi connectivity index (χ4n) is 1.97. The van der Waals surface area contributed by atoms with Gasteiger partial charge in [-0.05, 0) is 36.8 Å². The van der Waals surface area contributed by atoms with Gasteiger partial charge in [0.05, 0.1) is 20.3 Å². The summed E-state index contributed by atoms with van der Waals surface area (Å²) in [5.74, 6) is 1.80. The van der Waals surface area contributed by atoms with E-state index < -0.39 is 0 Å². The molecule has 5 nitrogen and oxygen atoms in total. The summed E-state index contributed by atoms with van der Waals surface area (Å²) in [4.78, 5) is 4.33. The monoisotopic (exact) mass is 299 g/mol. The summed E-state index contributed by atoms with van der Waals surface area (Å²) >= 11 is 0. The molecule has 0 spiro atoms. The molecule has 116 valence electrons. The second kappa shape index (κ2) is 7.93. The van der Waals surface area contributed by atoms with Crippen LogP contribution in [0.25, 0.3) is 0 Å². The summed E-state index contributed by atoms with van der Waals surface area (Å²) in [6, 6.07) is 15.4. The van der Waals surface area contributed by atoms with Gasteiger partial charge in [-0.1, -0.05) is 24.3 Å². The van der Waals surface area contributed by atoms with Gasteiger partial charge in [-0.15, -0.1) is 0 Å². The van der Waals surface area contributed by atoms with Gasteiger partial charge >= 0.3 is 0 Å². The maximum atomic E-state index is 5.88. The highest BCUT2D eigenvalue weighted by Gasteiger charge is 2.05. The highest BCUT2D eigenvalue weighted by Crippen LogP contribution is 2.28. The zero-order valence-corrected chi connectivity index (χ0v) is 12.9. The van der Waals surface area contributed by atoms with E-state index in [9.17, 15) is 0 Å². The van der Waals surface area contributed by atoms with Crippen LogP contribution in [0.3, 0.4) is 0 Å². The first-order valence-corrected chi connectivity index (χ1v) is 7.14. The third-order valence-corrected chi connectivity index (χ3v) is 3.01. The van der Waals surface area contributed by atoms with Gasteiger partial charge in [-0.25, -0.2) is 4.99 Å². The van der Waals surface area contributed by atoms with Gasteiger partial charge in [0, 0.05) is 5.69 Å². The van der Waals surface area contributed by atoms with Crippen molar-refractivity contribution in [1.29, 1.82) is 0 Å². The average molecular weight is 299 g/mol. The normalized spacial score (nSPS) is 11.1. The summed E-state index contributed by atoms with van der Waals surface area (Å²) in [5.41, 5.74) is 7.79. The van der Waals surface area contributed by atoms with Gasteiger partial charge in [0.15, 0.2) is 17.5 Å². The standard InChI is InChI=1S/C17H21N3O2/c1-3-22-15-10-9-13(11-16(15)21-2)12-19-17(18)20-14-7-5-4-6-8-14/h4-11H,3,12H2,1-2H3,(H3,18,19,20). The van der Waals surface area contributed by atoms with Crippen LogP contribution in [0.15, 0.2) is 53.5 Å². The summed E-state index contributed by atoms with van der Waals surface area (Å²) in [6.45, 7) is 3.00. The first-order chi connectivity index (χ1) is 10.7. The van der Waals surface area contributed by atoms with Gasteiger partial charge in [0.1, 0.15) is 0 Å². The molecule has 0 aliphatic carbocycles. The van der Waals surface area contributed by atoms with Crippen LogP contribution in [-0.2, 0) is 6.54 Å². The molecule has 0 heterocycles. The molecule has 0 fully saturated rings. The summed E-state index contributed by atoms with van der Waals surface area (Å²) in [5, 5.41) is 3.04. The Morgan fingerprint density at radius 1 is 1.14 bits per heavy atom. The number of methoxy groups -OCH3 is 1. The lowest BCUT2D eigenvalue weighted by molar-refractivity contribution is 0.310. The van der Waals surface area contributed by atoms with Crippen molar-refractivity contribution in [2.45, 2.75) is 13.5 Å². The minimum absolute atomic E-state index is 0.374. The van der Waals surface area contributed by atoms with E-state index in [-0.39, 0.29) is 0 Å². The number of hydrogen-bond acceptors (Lipinski definition) is 3. The quantitative estimate of drug-likeness (QED) is 0.635. The van der Waals surface area contributed by atoms with Crippen LogP contribution in [0.2, 0.25) is 0 Å². The zero-order valence-electron chi connectivity index (χ0n) is 12.9. The molecule has 0 aliphatic rings. The molecule has 0 aromatic heterocycles. The van der Waals surface area contributed by atoms with Crippen LogP contribution < -0.4 is 20.5 Å². The number of aliphatic imine (C=N–C) groups is 1. The number of ether oxygens (including phenoxy) is 2. The molecule has 22 heavy (non-hydrogen) atoms. The third-order valence-electron chi connectivity index (χ3n) is 3.01. The third kappa shape index (κ3) is 4.41. The number of hydrogen-bond donors (Lipinski definition) is 2. The molecule has 0 unspecified atom stereocenters. The van der Waals surface area contributed by atoms with Crippen LogP contribution in [0.4, 0.5) is 5.69 Å². The number of benzene rings is 2. The van der Waals surface area contributed by atoms with Crippen molar-refractivity contribution in [3.8, 4) is 11.5 Å². The van der Waals surface area contributed by atoms with Crippen molar-refractivity contribution in [3.05, 3.63) is 54.1 Å². The van der Waals surface area contributed by atoms with Gasteiger partial charge in [-0.3, -0.25) is 0 Å². The fourth-order valence-corrected chi connectivity index (χ4v) is 1.97. The number of para-hydroxylation sites is 1. The smallest absolute Gasteiger partial charge is 0.193 e. The van der Waals surface area contributed by atoms with Crippen LogP contribution in [0.1, 0.15) is 12.5 Å². The summed E-state index contributed by atoms with van der Waals surface area (Å²) in [6.07, 6.45) is 0. The topological polar surface area (TPSA) is 68.9 Å². The first kappa shape index (κ1) is 15.7. The van der Waals surface area contributed by atoms with Gasteiger partial charge in [-0.2, -0.15) is 0 Å². The Balaban J connectivity index is 2.02. The maximum absolute atomic E-state index is 5.88.